The number of hydrogen-bond acceptors (Lipinski definition) is 4. The number of nitrogens with one attached hydrogen (secondary N) is 2. The highest BCUT2D eigenvalue weighted by Crippen LogP contribution is 2.20. The monoisotopic (exact) mass is 453 g/mol. The van der Waals surface area contributed by atoms with Gasteiger partial charge in [0.2, 0.25) is 0 Å². The third-order valence-corrected chi connectivity index (χ3v) is 4.33. The van der Waals surface area contributed by atoms with E-state index in [9.17, 15) is 4.79 Å². The molecule has 7 heteroatoms. The Labute approximate surface area is 160 Å². The number of carbonyl (C=O) groups is 1. The highest BCUT2D eigenvalue weighted by Gasteiger charge is 2.06. The molecule has 0 spiro atoms. The minimum Gasteiger partial charge on any atom is -0.469 e. The molecular formula is C16H28IN3O2S. The van der Waals surface area contributed by atoms with Crippen LogP contribution in [0.5, 0.6) is 0 Å². The fourth-order valence-electron chi connectivity index (χ4n) is 1.93. The number of nitrogens with zero attached hydrogens (tertiary/aromatic N) is 1. The number of guanidine groups is 1. The summed E-state index contributed by atoms with van der Waals surface area (Å²) < 4.78 is 4.62. The van der Waals surface area contributed by atoms with Crippen LogP contribution < -0.4 is 10.6 Å². The van der Waals surface area contributed by atoms with Gasteiger partial charge in [-0.15, -0.1) is 35.3 Å². The number of carbonyl (C=O) groups excluding carboxylic acids is 1. The van der Waals surface area contributed by atoms with E-state index >= 15 is 0 Å². The predicted molar refractivity (Wildman–Crippen MR) is 108 cm³/mol. The molecule has 2 N–H and O–H groups in total. The smallest absolute Gasteiger partial charge is 0.305 e. The zero-order chi connectivity index (χ0) is 16.2. The highest BCUT2D eigenvalue weighted by molar-refractivity contribution is 14.0. The van der Waals surface area contributed by atoms with Crippen LogP contribution in [0, 0.1) is 0 Å². The second-order valence-corrected chi connectivity index (χ2v) is 6.08. The molecule has 0 amide bonds. The molecule has 0 bridgehead atoms. The summed E-state index contributed by atoms with van der Waals surface area (Å²) >= 11 is 1.77. The van der Waals surface area contributed by atoms with Crippen molar-refractivity contribution in [3.05, 3.63) is 22.4 Å². The summed E-state index contributed by atoms with van der Waals surface area (Å²) in [5, 5.41) is 8.65. The van der Waals surface area contributed by atoms with Crippen LogP contribution >= 0.6 is 35.3 Å². The number of ether oxygens (including phenoxy) is 1. The molecule has 0 aliphatic rings. The Hall–Kier alpha value is -0.830. The lowest BCUT2D eigenvalue weighted by atomic mass is 10.1. The van der Waals surface area contributed by atoms with E-state index in [0.717, 1.165) is 38.4 Å². The SMILES string of the molecule is CCNC(=NCC(C)c1cccs1)NCCCCC(=O)OC.I. The van der Waals surface area contributed by atoms with Gasteiger partial charge in [0.1, 0.15) is 0 Å². The normalized spacial score (nSPS) is 12.2. The Bertz CT molecular complexity index is 452. The minimum absolute atomic E-state index is 0. The summed E-state index contributed by atoms with van der Waals surface area (Å²) in [5.41, 5.74) is 0. The van der Waals surface area contributed by atoms with Crippen LogP contribution in [0.25, 0.3) is 0 Å². The highest BCUT2D eigenvalue weighted by atomic mass is 127. The van der Waals surface area contributed by atoms with Crippen molar-refractivity contribution >= 4 is 47.2 Å². The third-order valence-electron chi connectivity index (χ3n) is 3.22. The Morgan fingerprint density at radius 3 is 2.78 bits per heavy atom. The molecule has 0 fully saturated rings. The first-order valence-corrected chi connectivity index (χ1v) is 8.67. The van der Waals surface area contributed by atoms with Crippen molar-refractivity contribution in [2.45, 2.75) is 39.0 Å². The number of rotatable bonds is 9. The molecule has 0 saturated heterocycles. The molecule has 132 valence electrons. The van der Waals surface area contributed by atoms with Gasteiger partial charge in [-0.3, -0.25) is 9.79 Å². The maximum atomic E-state index is 11.0. The number of methoxy groups -OCH3 is 1. The molecule has 0 aromatic carbocycles. The van der Waals surface area contributed by atoms with Gasteiger partial charge in [0.15, 0.2) is 5.96 Å². The number of halogens is 1. The molecule has 23 heavy (non-hydrogen) atoms. The van der Waals surface area contributed by atoms with Crippen LogP contribution in [-0.2, 0) is 9.53 Å². The number of hydrogen-bond donors (Lipinski definition) is 2. The van der Waals surface area contributed by atoms with Crippen LogP contribution in [-0.4, -0.2) is 38.7 Å². The first-order chi connectivity index (χ1) is 10.7. The molecule has 1 unspecified atom stereocenters. The van der Waals surface area contributed by atoms with E-state index in [4.69, 9.17) is 0 Å². The zero-order valence-corrected chi connectivity index (χ0v) is 17.3. The van der Waals surface area contributed by atoms with Crippen molar-refractivity contribution in [3.63, 3.8) is 0 Å². The second kappa shape index (κ2) is 13.6. The summed E-state index contributed by atoms with van der Waals surface area (Å²) in [6, 6.07) is 4.23. The average Bonchev–Trinajstić information content (AvgIpc) is 3.06. The average molecular weight is 453 g/mol. The van der Waals surface area contributed by atoms with E-state index in [1.54, 1.807) is 11.3 Å². The lowest BCUT2D eigenvalue weighted by molar-refractivity contribution is -0.140. The van der Waals surface area contributed by atoms with E-state index in [-0.39, 0.29) is 29.9 Å². The van der Waals surface area contributed by atoms with Crippen LogP contribution in [0.15, 0.2) is 22.5 Å². The van der Waals surface area contributed by atoms with Crippen molar-refractivity contribution in [2.75, 3.05) is 26.7 Å². The number of thiophene rings is 1. The Kier molecular flexibility index (Phi) is 13.1. The van der Waals surface area contributed by atoms with Crippen molar-refractivity contribution in [1.29, 1.82) is 0 Å². The van der Waals surface area contributed by atoms with Gasteiger partial charge in [-0.25, -0.2) is 0 Å². The van der Waals surface area contributed by atoms with Crippen molar-refractivity contribution < 1.29 is 9.53 Å². The molecule has 5 nitrogen and oxygen atoms in total. The predicted octanol–water partition coefficient (Wildman–Crippen LogP) is 3.37. The van der Waals surface area contributed by atoms with Crippen molar-refractivity contribution in [1.82, 2.24) is 10.6 Å². The van der Waals surface area contributed by atoms with Gasteiger partial charge >= 0.3 is 5.97 Å². The Morgan fingerprint density at radius 1 is 1.39 bits per heavy atom. The maximum absolute atomic E-state index is 11.0. The Morgan fingerprint density at radius 2 is 2.17 bits per heavy atom. The van der Waals surface area contributed by atoms with E-state index in [1.807, 2.05) is 0 Å². The van der Waals surface area contributed by atoms with Gasteiger partial charge in [-0.1, -0.05) is 13.0 Å². The minimum atomic E-state index is -0.148. The quantitative estimate of drug-likeness (QED) is 0.198. The largest absolute Gasteiger partial charge is 0.469 e. The summed E-state index contributed by atoms with van der Waals surface area (Å²) in [4.78, 5) is 17.0. The summed E-state index contributed by atoms with van der Waals surface area (Å²) in [7, 11) is 1.42. The van der Waals surface area contributed by atoms with E-state index in [0.29, 0.717) is 12.3 Å². The summed E-state index contributed by atoms with van der Waals surface area (Å²) in [6.45, 7) is 6.64. The molecule has 1 atom stereocenters. The molecule has 1 aromatic heterocycles. The standard InChI is InChI=1S/C16H27N3O2S.HI/c1-4-17-16(18-10-6-5-9-15(20)21-3)19-12-13(2)14-8-7-11-22-14;/h7-8,11,13H,4-6,9-10,12H2,1-3H3,(H2,17,18,19);1H. The van der Waals surface area contributed by atoms with Crippen LogP contribution in [0.1, 0.15) is 43.9 Å². The zero-order valence-electron chi connectivity index (χ0n) is 14.1. The topological polar surface area (TPSA) is 62.7 Å². The third kappa shape index (κ3) is 9.80. The van der Waals surface area contributed by atoms with Gasteiger partial charge in [0.05, 0.1) is 13.7 Å². The van der Waals surface area contributed by atoms with Gasteiger partial charge < -0.3 is 15.4 Å². The van der Waals surface area contributed by atoms with Crippen LogP contribution in [0.3, 0.4) is 0 Å². The van der Waals surface area contributed by atoms with E-state index in [1.165, 1.54) is 12.0 Å². The van der Waals surface area contributed by atoms with Crippen molar-refractivity contribution in [3.8, 4) is 0 Å². The summed E-state index contributed by atoms with van der Waals surface area (Å²) in [6.07, 6.45) is 2.21. The molecule has 0 radical (unpaired) electrons. The maximum Gasteiger partial charge on any atom is 0.305 e. The molecule has 1 heterocycles. The molecule has 0 aliphatic heterocycles. The second-order valence-electron chi connectivity index (χ2n) is 5.10. The molecular weight excluding hydrogens is 425 g/mol. The molecule has 1 aromatic rings. The fourth-order valence-corrected chi connectivity index (χ4v) is 2.71. The lowest BCUT2D eigenvalue weighted by Gasteiger charge is -2.12. The summed E-state index contributed by atoms with van der Waals surface area (Å²) in [5.74, 6) is 1.11. The molecule has 0 saturated carbocycles. The number of unbranched alkanes of at least 4 members (excludes halogenated alkanes) is 1. The molecule has 0 aliphatic carbocycles. The lowest BCUT2D eigenvalue weighted by Crippen LogP contribution is -2.38. The van der Waals surface area contributed by atoms with E-state index in [2.05, 4.69) is 51.7 Å². The first kappa shape index (κ1) is 22.2. The first-order valence-electron chi connectivity index (χ1n) is 7.79. The molecule has 1 rings (SSSR count). The van der Waals surface area contributed by atoms with Crippen LogP contribution in [0.4, 0.5) is 0 Å². The Balaban J connectivity index is 0.00000484. The number of aliphatic imine (C=N–C) groups is 1. The van der Waals surface area contributed by atoms with Gasteiger partial charge in [-0.2, -0.15) is 0 Å². The fraction of sp³-hybridized carbons (Fsp3) is 0.625. The van der Waals surface area contributed by atoms with Gasteiger partial charge in [0, 0.05) is 30.3 Å². The van der Waals surface area contributed by atoms with Crippen LogP contribution in [0.2, 0.25) is 0 Å². The number of esters is 1. The van der Waals surface area contributed by atoms with Crippen molar-refractivity contribution in [2.24, 2.45) is 4.99 Å². The van der Waals surface area contributed by atoms with E-state index < -0.39 is 0 Å². The van der Waals surface area contributed by atoms with Gasteiger partial charge in [0.25, 0.3) is 0 Å². The van der Waals surface area contributed by atoms with Gasteiger partial charge in [-0.05, 0) is 31.2 Å².